The van der Waals surface area contributed by atoms with Gasteiger partial charge in [-0.3, -0.25) is 4.79 Å². The van der Waals surface area contributed by atoms with Gasteiger partial charge in [0.2, 0.25) is 0 Å². The Morgan fingerprint density at radius 2 is 2.11 bits per heavy atom. The molecule has 106 valence electrons. The van der Waals surface area contributed by atoms with Gasteiger partial charge in [0, 0.05) is 29.8 Å². The molecule has 0 aliphatic heterocycles. The maximum absolute atomic E-state index is 12.6. The molecule has 0 aliphatic carbocycles. The Morgan fingerprint density at radius 3 is 2.63 bits per heavy atom. The van der Waals surface area contributed by atoms with Crippen LogP contribution >= 0.6 is 15.9 Å². The summed E-state index contributed by atoms with van der Waals surface area (Å²) in [4.78, 5) is 18.7. The van der Waals surface area contributed by atoms with E-state index in [-0.39, 0.29) is 11.4 Å². The highest BCUT2D eigenvalue weighted by atomic mass is 79.9. The van der Waals surface area contributed by atoms with Crippen LogP contribution in [0.25, 0.3) is 0 Å². The molecular weight excluding hydrogens is 306 g/mol. The average molecular weight is 328 g/mol. The van der Waals surface area contributed by atoms with Gasteiger partial charge >= 0.3 is 0 Å². The number of aromatic nitrogens is 1. The predicted molar refractivity (Wildman–Crippen MR) is 82.6 cm³/mol. The molecule has 0 aromatic carbocycles. The summed E-state index contributed by atoms with van der Waals surface area (Å²) in [6.45, 7) is 8.91. The summed E-state index contributed by atoms with van der Waals surface area (Å²) in [5, 5.41) is 3.13. The predicted octanol–water partition coefficient (Wildman–Crippen LogP) is 3.54. The smallest absolute Gasteiger partial charge is 0.257 e. The summed E-state index contributed by atoms with van der Waals surface area (Å²) in [5.41, 5.74) is 0.420. The number of carbonyl (C=O) groups excluding carboxylic acids is 1. The van der Waals surface area contributed by atoms with Gasteiger partial charge in [-0.1, -0.05) is 6.92 Å². The van der Waals surface area contributed by atoms with E-state index in [2.05, 4.69) is 47.0 Å². The zero-order valence-electron chi connectivity index (χ0n) is 12.2. The minimum Gasteiger partial charge on any atom is -0.370 e. The van der Waals surface area contributed by atoms with Crippen LogP contribution in [-0.2, 0) is 0 Å². The highest BCUT2D eigenvalue weighted by Gasteiger charge is 2.28. The van der Waals surface area contributed by atoms with Gasteiger partial charge < -0.3 is 10.2 Å². The normalized spacial score (nSPS) is 11.3. The third-order valence-electron chi connectivity index (χ3n) is 3.51. The van der Waals surface area contributed by atoms with Crippen LogP contribution in [0.4, 0.5) is 5.82 Å². The highest BCUT2D eigenvalue weighted by molar-refractivity contribution is 9.10. The number of amides is 1. The van der Waals surface area contributed by atoms with Crippen LogP contribution in [0, 0.1) is 0 Å². The molecule has 1 heterocycles. The van der Waals surface area contributed by atoms with Gasteiger partial charge in [0.15, 0.2) is 0 Å². The van der Waals surface area contributed by atoms with Crippen LogP contribution in [0.1, 0.15) is 44.5 Å². The van der Waals surface area contributed by atoms with Crippen LogP contribution in [-0.4, -0.2) is 34.9 Å². The van der Waals surface area contributed by atoms with Crippen molar-refractivity contribution in [1.82, 2.24) is 9.88 Å². The maximum atomic E-state index is 12.6. The molecule has 0 saturated carbocycles. The van der Waals surface area contributed by atoms with Gasteiger partial charge in [0.1, 0.15) is 5.82 Å². The highest BCUT2D eigenvalue weighted by Crippen LogP contribution is 2.24. The van der Waals surface area contributed by atoms with E-state index in [1.54, 1.807) is 11.1 Å². The molecule has 1 N–H and O–H groups in total. The van der Waals surface area contributed by atoms with Gasteiger partial charge in [0.25, 0.3) is 5.91 Å². The first-order chi connectivity index (χ1) is 8.83. The van der Waals surface area contributed by atoms with E-state index in [4.69, 9.17) is 0 Å². The van der Waals surface area contributed by atoms with Crippen LogP contribution in [0.2, 0.25) is 0 Å². The van der Waals surface area contributed by atoms with E-state index in [1.165, 1.54) is 0 Å². The van der Waals surface area contributed by atoms with Crippen molar-refractivity contribution < 1.29 is 4.79 Å². The van der Waals surface area contributed by atoms with Gasteiger partial charge in [-0.05, 0) is 49.2 Å². The molecule has 0 saturated heterocycles. The molecule has 0 unspecified atom stereocenters. The molecule has 5 heteroatoms. The topological polar surface area (TPSA) is 45.2 Å². The molecule has 1 aromatic heterocycles. The van der Waals surface area contributed by atoms with Crippen molar-refractivity contribution in [1.29, 1.82) is 0 Å². The molecule has 0 bridgehead atoms. The van der Waals surface area contributed by atoms with Crippen molar-refractivity contribution in [3.8, 4) is 0 Å². The lowest BCUT2D eigenvalue weighted by molar-refractivity contribution is 0.0621. The Morgan fingerprint density at radius 1 is 1.47 bits per heavy atom. The van der Waals surface area contributed by atoms with Crippen molar-refractivity contribution in [3.63, 3.8) is 0 Å². The zero-order chi connectivity index (χ0) is 14.6. The minimum atomic E-state index is -0.178. The third-order valence-corrected chi connectivity index (χ3v) is 3.94. The van der Waals surface area contributed by atoms with E-state index in [0.717, 1.165) is 17.4 Å². The van der Waals surface area contributed by atoms with Crippen molar-refractivity contribution in [3.05, 3.63) is 22.3 Å². The number of hydrogen-bond acceptors (Lipinski definition) is 3. The van der Waals surface area contributed by atoms with Gasteiger partial charge in [-0.25, -0.2) is 4.98 Å². The first-order valence-electron chi connectivity index (χ1n) is 6.51. The van der Waals surface area contributed by atoms with Crippen molar-refractivity contribution >= 4 is 27.7 Å². The number of anilines is 1. The average Bonchev–Trinajstić information content (AvgIpc) is 2.39. The Hall–Kier alpha value is -1.10. The summed E-state index contributed by atoms with van der Waals surface area (Å²) in [7, 11) is 1.84. The number of nitrogens with one attached hydrogen (secondary N) is 1. The summed E-state index contributed by atoms with van der Waals surface area (Å²) in [6, 6.07) is 1.82. The second kappa shape index (κ2) is 6.37. The van der Waals surface area contributed by atoms with Gasteiger partial charge in [0.05, 0.1) is 5.56 Å². The summed E-state index contributed by atoms with van der Waals surface area (Å²) >= 11 is 3.37. The maximum Gasteiger partial charge on any atom is 0.257 e. The Labute approximate surface area is 123 Å². The number of nitrogens with zero attached hydrogens (tertiary/aromatic N) is 2. The first kappa shape index (κ1) is 16.0. The van der Waals surface area contributed by atoms with Crippen molar-refractivity contribution in [2.45, 2.75) is 39.7 Å². The fourth-order valence-corrected chi connectivity index (χ4v) is 1.93. The molecule has 4 nitrogen and oxygen atoms in total. The standard InChI is InChI=1S/C14H22BrN3O/c1-6-14(3,4)18(5)13(19)11-8-10(15)9-17-12(11)16-7-2/h8-9H,6-7H2,1-5H3,(H,16,17). The zero-order valence-corrected chi connectivity index (χ0v) is 13.8. The van der Waals surface area contributed by atoms with Crippen molar-refractivity contribution in [2.75, 3.05) is 18.9 Å². The lowest BCUT2D eigenvalue weighted by atomic mass is 9.99. The van der Waals surface area contributed by atoms with Gasteiger partial charge in [-0.15, -0.1) is 0 Å². The van der Waals surface area contributed by atoms with E-state index >= 15 is 0 Å². The molecule has 0 aliphatic rings. The monoisotopic (exact) mass is 327 g/mol. The molecular formula is C14H22BrN3O. The molecule has 0 atom stereocenters. The molecule has 1 amide bonds. The summed E-state index contributed by atoms with van der Waals surface area (Å²) in [6.07, 6.45) is 2.59. The SMILES string of the molecule is CCNc1ncc(Br)cc1C(=O)N(C)C(C)(C)CC. The van der Waals surface area contributed by atoms with Crippen molar-refractivity contribution in [2.24, 2.45) is 0 Å². The Bertz CT molecular complexity index is 460. The Kier molecular flexibility index (Phi) is 5.35. The van der Waals surface area contributed by atoms with E-state index in [1.807, 2.05) is 20.0 Å². The quantitative estimate of drug-likeness (QED) is 0.899. The molecule has 19 heavy (non-hydrogen) atoms. The number of carbonyl (C=O) groups is 1. The molecule has 0 radical (unpaired) electrons. The molecule has 1 aromatic rings. The van der Waals surface area contributed by atoms with Crippen LogP contribution < -0.4 is 5.32 Å². The summed E-state index contributed by atoms with van der Waals surface area (Å²) < 4.78 is 0.806. The fraction of sp³-hybridized carbons (Fsp3) is 0.571. The van der Waals surface area contributed by atoms with Gasteiger partial charge in [-0.2, -0.15) is 0 Å². The fourth-order valence-electron chi connectivity index (χ4n) is 1.60. The van der Waals surface area contributed by atoms with E-state index in [9.17, 15) is 4.79 Å². The number of halogens is 1. The van der Waals surface area contributed by atoms with E-state index in [0.29, 0.717) is 11.4 Å². The second-order valence-electron chi connectivity index (χ2n) is 5.11. The minimum absolute atomic E-state index is 0.0170. The Balaban J connectivity index is 3.14. The second-order valence-corrected chi connectivity index (χ2v) is 6.03. The molecule has 0 spiro atoms. The number of hydrogen-bond donors (Lipinski definition) is 1. The lowest BCUT2D eigenvalue weighted by Crippen LogP contribution is -2.44. The third kappa shape index (κ3) is 3.69. The molecule has 1 rings (SSSR count). The number of rotatable bonds is 5. The van der Waals surface area contributed by atoms with Crippen LogP contribution in [0.5, 0.6) is 0 Å². The largest absolute Gasteiger partial charge is 0.370 e. The van der Waals surface area contributed by atoms with Crippen LogP contribution in [0.15, 0.2) is 16.7 Å². The van der Waals surface area contributed by atoms with Crippen LogP contribution in [0.3, 0.4) is 0 Å². The number of pyridine rings is 1. The molecule has 0 fully saturated rings. The first-order valence-corrected chi connectivity index (χ1v) is 7.30. The van der Waals surface area contributed by atoms with E-state index < -0.39 is 0 Å². The lowest BCUT2D eigenvalue weighted by Gasteiger charge is -2.35. The summed E-state index contributed by atoms with van der Waals surface area (Å²) in [5.74, 6) is 0.617.